The third-order valence-electron chi connectivity index (χ3n) is 19.4. The molecule has 0 amide bonds. The molecule has 0 heterocycles. The number of carbonyl (C=O) groups is 4. The van der Waals surface area contributed by atoms with Crippen molar-refractivity contribution in [2.24, 2.45) is 67.5 Å². The summed E-state index contributed by atoms with van der Waals surface area (Å²) >= 11 is 0. The average Bonchev–Trinajstić information content (AvgIpc) is 3.84. The lowest BCUT2D eigenvalue weighted by atomic mass is 9.32. The summed E-state index contributed by atoms with van der Waals surface area (Å²) in [7, 11) is 0. The van der Waals surface area contributed by atoms with Gasteiger partial charge in [-0.15, -0.1) is 0 Å². The first kappa shape index (κ1) is 41.8. The zero-order valence-corrected chi connectivity index (χ0v) is 35.8. The average molecular weight is 779 g/mol. The number of rotatable bonds is 12. The number of allylic oxidation sites excluding steroid dienone is 1. The van der Waals surface area contributed by atoms with Crippen LogP contribution in [0.2, 0.25) is 0 Å². The number of fused-ring (bicyclic) bond motifs is 7. The van der Waals surface area contributed by atoms with Crippen molar-refractivity contribution in [1.82, 2.24) is 0 Å². The van der Waals surface area contributed by atoms with Crippen LogP contribution in [0.4, 0.5) is 0 Å². The lowest BCUT2D eigenvalue weighted by molar-refractivity contribution is -0.252. The maximum atomic E-state index is 13.6. The van der Waals surface area contributed by atoms with Crippen LogP contribution >= 0.6 is 0 Å². The van der Waals surface area contributed by atoms with Crippen LogP contribution in [0.1, 0.15) is 183 Å². The van der Waals surface area contributed by atoms with Gasteiger partial charge in [-0.05, 0) is 153 Å². The highest BCUT2D eigenvalue weighted by Crippen LogP contribution is 2.77. The SMILES string of the molecule is C=C(C)C1CC[C@]2(COC(=O)CC3(CC(=O)O)CCCC3)CC[C@]3(C)C(CCC4[C@@]5(C)CC[C@H](OC(=O)CC6(CC(=O)O)CCCC6)C(C)(C)C5CC[C@]43C)C12. The molecule has 7 rings (SSSR count). The van der Waals surface area contributed by atoms with E-state index in [0.717, 1.165) is 103 Å². The normalized spacial score (nSPS) is 41.7. The second-order valence-electron chi connectivity index (χ2n) is 22.5. The molecule has 7 saturated carbocycles. The molecule has 56 heavy (non-hydrogen) atoms. The van der Waals surface area contributed by atoms with Gasteiger partial charge in [0.25, 0.3) is 0 Å². The van der Waals surface area contributed by atoms with Gasteiger partial charge in [-0.2, -0.15) is 0 Å². The van der Waals surface area contributed by atoms with E-state index in [4.69, 9.17) is 9.47 Å². The molecule has 8 nitrogen and oxygen atoms in total. The molecule has 0 aromatic rings. The zero-order valence-electron chi connectivity index (χ0n) is 35.8. The number of carboxylic acid groups (broad SMARTS) is 2. The van der Waals surface area contributed by atoms with E-state index in [2.05, 4.69) is 48.1 Å². The molecule has 0 spiro atoms. The molecule has 0 saturated heterocycles. The van der Waals surface area contributed by atoms with E-state index in [0.29, 0.717) is 36.2 Å². The Morgan fingerprint density at radius 1 is 0.625 bits per heavy atom. The molecule has 0 aromatic heterocycles. The van der Waals surface area contributed by atoms with Crippen LogP contribution in [-0.4, -0.2) is 46.8 Å². The van der Waals surface area contributed by atoms with Gasteiger partial charge in [0.1, 0.15) is 6.10 Å². The minimum Gasteiger partial charge on any atom is -0.481 e. The molecule has 0 bridgehead atoms. The smallest absolute Gasteiger partial charge is 0.306 e. The summed E-state index contributed by atoms with van der Waals surface area (Å²) in [5.41, 5.74) is 0.528. The zero-order chi connectivity index (χ0) is 40.5. The molecule has 7 aliphatic rings. The Balaban J connectivity index is 1.08. The van der Waals surface area contributed by atoms with Gasteiger partial charge in [0, 0.05) is 10.8 Å². The fraction of sp³-hybridized carbons (Fsp3) is 0.875. The summed E-state index contributed by atoms with van der Waals surface area (Å²) in [6, 6.07) is 0. The van der Waals surface area contributed by atoms with E-state index < -0.39 is 22.8 Å². The van der Waals surface area contributed by atoms with E-state index in [1.54, 1.807) is 0 Å². The fourth-order valence-electron chi connectivity index (χ4n) is 16.5. The molecular weight excluding hydrogens is 705 g/mol. The van der Waals surface area contributed by atoms with Crippen molar-refractivity contribution >= 4 is 23.9 Å². The van der Waals surface area contributed by atoms with Crippen molar-refractivity contribution in [2.75, 3.05) is 6.61 Å². The van der Waals surface area contributed by atoms with Gasteiger partial charge < -0.3 is 19.7 Å². The third kappa shape index (κ3) is 6.88. The van der Waals surface area contributed by atoms with Crippen LogP contribution in [0.15, 0.2) is 12.2 Å². The van der Waals surface area contributed by atoms with E-state index in [9.17, 15) is 29.4 Å². The first-order valence-corrected chi connectivity index (χ1v) is 22.7. The lowest BCUT2D eigenvalue weighted by Gasteiger charge is -2.73. The predicted molar refractivity (Wildman–Crippen MR) is 215 cm³/mol. The summed E-state index contributed by atoms with van der Waals surface area (Å²) in [6.45, 7) is 19.7. The summed E-state index contributed by atoms with van der Waals surface area (Å²) in [5, 5.41) is 19.3. The van der Waals surface area contributed by atoms with E-state index >= 15 is 0 Å². The molecule has 5 unspecified atom stereocenters. The first-order valence-electron chi connectivity index (χ1n) is 22.7. The quantitative estimate of drug-likeness (QED) is 0.148. The monoisotopic (exact) mass is 779 g/mol. The minimum absolute atomic E-state index is 0.0474. The fourth-order valence-corrected chi connectivity index (χ4v) is 16.5. The van der Waals surface area contributed by atoms with Gasteiger partial charge in [-0.3, -0.25) is 19.2 Å². The first-order chi connectivity index (χ1) is 26.2. The Kier molecular flexibility index (Phi) is 11.0. The van der Waals surface area contributed by atoms with Gasteiger partial charge in [-0.1, -0.05) is 72.5 Å². The highest BCUT2D eigenvalue weighted by atomic mass is 16.5. The number of hydrogen-bond donors (Lipinski definition) is 2. The number of carbonyl (C=O) groups excluding carboxylic acids is 2. The Labute approximate surface area is 337 Å². The molecule has 7 aliphatic carbocycles. The Morgan fingerprint density at radius 2 is 1.21 bits per heavy atom. The Bertz CT molecular complexity index is 1570. The largest absolute Gasteiger partial charge is 0.481 e. The maximum absolute atomic E-state index is 13.6. The molecule has 314 valence electrons. The van der Waals surface area contributed by atoms with Crippen molar-refractivity contribution in [1.29, 1.82) is 0 Å². The van der Waals surface area contributed by atoms with Crippen molar-refractivity contribution in [3.63, 3.8) is 0 Å². The standard InChI is InChI=1S/C48H74O8/c1-31(2)32-14-23-48(30-55-39(53)28-46(26-37(49)50)17-8-9-18-46)25-24-44(6)33(41(32)48)12-13-35-43(5)21-16-36(42(3,4)34(43)15-22-45(35,44)7)56-40(54)29-47(27-38(51)52)19-10-11-20-47/h32-36,41H,1,8-30H2,2-7H3,(H,49,50)(H,51,52)/t32?,33?,34?,35?,36-,41?,43-,44+,45+,48+/m0/s1. The summed E-state index contributed by atoms with van der Waals surface area (Å²) in [4.78, 5) is 50.7. The molecule has 2 N–H and O–H groups in total. The molecule has 0 aromatic carbocycles. The van der Waals surface area contributed by atoms with Crippen LogP contribution in [-0.2, 0) is 28.7 Å². The van der Waals surface area contributed by atoms with Gasteiger partial charge in [0.15, 0.2) is 0 Å². The van der Waals surface area contributed by atoms with Crippen LogP contribution in [0, 0.1) is 67.5 Å². The molecule has 0 aliphatic heterocycles. The molecule has 8 heteroatoms. The highest BCUT2D eigenvalue weighted by Gasteiger charge is 2.71. The molecule has 10 atom stereocenters. The molecule has 7 fully saturated rings. The molecule has 0 radical (unpaired) electrons. The highest BCUT2D eigenvalue weighted by molar-refractivity contribution is 5.74. The van der Waals surface area contributed by atoms with Crippen LogP contribution in [0.5, 0.6) is 0 Å². The van der Waals surface area contributed by atoms with Crippen LogP contribution < -0.4 is 0 Å². The van der Waals surface area contributed by atoms with Gasteiger partial charge >= 0.3 is 23.9 Å². The number of carboxylic acids is 2. The van der Waals surface area contributed by atoms with Crippen molar-refractivity contribution in [3.8, 4) is 0 Å². The molecular formula is C48H74O8. The van der Waals surface area contributed by atoms with E-state index in [1.165, 1.54) is 18.4 Å². The minimum atomic E-state index is -0.820. The van der Waals surface area contributed by atoms with Crippen molar-refractivity contribution < 1.29 is 38.9 Å². The van der Waals surface area contributed by atoms with E-state index in [1.807, 2.05) is 0 Å². The van der Waals surface area contributed by atoms with E-state index in [-0.39, 0.29) is 70.8 Å². The number of aliphatic carboxylic acids is 2. The summed E-state index contributed by atoms with van der Waals surface area (Å²) < 4.78 is 12.7. The number of ether oxygens (including phenoxy) is 2. The van der Waals surface area contributed by atoms with Crippen LogP contribution in [0.25, 0.3) is 0 Å². The second-order valence-corrected chi connectivity index (χ2v) is 22.5. The predicted octanol–water partition coefficient (Wildman–Crippen LogP) is 10.9. The second kappa shape index (κ2) is 14.7. The van der Waals surface area contributed by atoms with Crippen LogP contribution in [0.3, 0.4) is 0 Å². The topological polar surface area (TPSA) is 127 Å². The maximum Gasteiger partial charge on any atom is 0.306 e. The Hall–Kier alpha value is -2.38. The summed E-state index contributed by atoms with van der Waals surface area (Å²) in [5.74, 6) is 0.299. The van der Waals surface area contributed by atoms with Gasteiger partial charge in [0.05, 0.1) is 32.3 Å². The van der Waals surface area contributed by atoms with Gasteiger partial charge in [0.2, 0.25) is 0 Å². The van der Waals surface area contributed by atoms with Crippen molar-refractivity contribution in [2.45, 2.75) is 189 Å². The lowest BCUT2D eigenvalue weighted by Crippen LogP contribution is -2.67. The number of esters is 2. The van der Waals surface area contributed by atoms with Gasteiger partial charge in [-0.25, -0.2) is 0 Å². The third-order valence-corrected chi connectivity index (χ3v) is 19.4. The van der Waals surface area contributed by atoms with Crippen molar-refractivity contribution in [3.05, 3.63) is 12.2 Å². The Morgan fingerprint density at radius 3 is 1.79 bits per heavy atom. The summed E-state index contributed by atoms with van der Waals surface area (Å²) in [6.07, 6.45) is 18.3. The number of hydrogen-bond acceptors (Lipinski definition) is 6.